The molecule has 0 aliphatic carbocycles. The first-order chi connectivity index (χ1) is 15.5. The molecule has 3 aromatic carbocycles. The molecule has 0 unspecified atom stereocenters. The fourth-order valence-electron chi connectivity index (χ4n) is 3.17. The number of aliphatic carboxylic acids is 1. The van der Waals surface area contributed by atoms with Crippen molar-refractivity contribution in [2.75, 3.05) is 14.2 Å². The summed E-state index contributed by atoms with van der Waals surface area (Å²) in [5.41, 5.74) is 1.16. The predicted octanol–water partition coefficient (Wildman–Crippen LogP) is 5.78. The number of fused-ring (bicyclic) bond motifs is 1. The third-order valence-electron chi connectivity index (χ3n) is 4.63. The van der Waals surface area contributed by atoms with E-state index >= 15 is 0 Å². The molecule has 0 saturated heterocycles. The first-order valence-electron chi connectivity index (χ1n) is 9.36. The molecule has 0 amide bonds. The molecule has 4 aromatic rings. The van der Waals surface area contributed by atoms with Gasteiger partial charge in [-0.25, -0.2) is 4.79 Å². The van der Waals surface area contributed by atoms with Crippen LogP contribution in [0, 0.1) is 0 Å². The quantitative estimate of drug-likeness (QED) is 0.269. The molecule has 1 heterocycles. The summed E-state index contributed by atoms with van der Waals surface area (Å²) < 4.78 is 16.5. The standard InChI is InChI=1S/C23H17ClN2O5S/c1-29-18-9-7-13-5-3-4-6-15(13)16(18)12-20(22(27)28)32-23-26-25-21(31-23)17-11-14(24)8-10-19(17)30-2/h3-12H,1-2H3,(H,27,28)/b20-12-. The maximum Gasteiger partial charge on any atom is 0.342 e. The van der Waals surface area contributed by atoms with Gasteiger partial charge in [-0.1, -0.05) is 41.9 Å². The van der Waals surface area contributed by atoms with E-state index in [2.05, 4.69) is 10.2 Å². The number of rotatable bonds is 7. The number of carboxylic acids is 1. The summed E-state index contributed by atoms with van der Waals surface area (Å²) >= 11 is 6.92. The number of ether oxygens (including phenoxy) is 2. The van der Waals surface area contributed by atoms with Crippen molar-refractivity contribution in [2.45, 2.75) is 5.22 Å². The van der Waals surface area contributed by atoms with Crippen molar-refractivity contribution in [3.8, 4) is 23.0 Å². The molecule has 0 bridgehead atoms. The van der Waals surface area contributed by atoms with Gasteiger partial charge in [0.25, 0.3) is 11.1 Å². The first-order valence-corrected chi connectivity index (χ1v) is 10.6. The van der Waals surface area contributed by atoms with Gasteiger partial charge in [-0.3, -0.25) is 0 Å². The van der Waals surface area contributed by atoms with Crippen LogP contribution in [-0.4, -0.2) is 35.5 Å². The van der Waals surface area contributed by atoms with Crippen molar-refractivity contribution in [2.24, 2.45) is 0 Å². The molecule has 0 aliphatic heterocycles. The van der Waals surface area contributed by atoms with Gasteiger partial charge in [0, 0.05) is 10.6 Å². The lowest BCUT2D eigenvalue weighted by molar-refractivity contribution is -0.131. The van der Waals surface area contributed by atoms with Crippen LogP contribution in [0.15, 0.2) is 69.1 Å². The summed E-state index contributed by atoms with van der Waals surface area (Å²) in [6.45, 7) is 0. The van der Waals surface area contributed by atoms with Crippen LogP contribution in [0.1, 0.15) is 5.56 Å². The topological polar surface area (TPSA) is 94.7 Å². The van der Waals surface area contributed by atoms with Crippen molar-refractivity contribution in [1.82, 2.24) is 10.2 Å². The Hall–Kier alpha value is -3.49. The zero-order chi connectivity index (χ0) is 22.7. The number of methoxy groups -OCH3 is 2. The van der Waals surface area contributed by atoms with Crippen LogP contribution >= 0.6 is 23.4 Å². The molecule has 0 spiro atoms. The first kappa shape index (κ1) is 21.7. The molecule has 0 saturated carbocycles. The molecule has 162 valence electrons. The van der Waals surface area contributed by atoms with E-state index in [0.29, 0.717) is 27.6 Å². The van der Waals surface area contributed by atoms with Gasteiger partial charge in [-0.15, -0.1) is 10.2 Å². The van der Waals surface area contributed by atoms with E-state index in [-0.39, 0.29) is 16.0 Å². The van der Waals surface area contributed by atoms with Crippen LogP contribution in [0.3, 0.4) is 0 Å². The van der Waals surface area contributed by atoms with Crippen molar-refractivity contribution in [3.63, 3.8) is 0 Å². The number of hydrogen-bond donors (Lipinski definition) is 1. The van der Waals surface area contributed by atoms with E-state index in [1.54, 1.807) is 24.3 Å². The number of hydrogen-bond acceptors (Lipinski definition) is 7. The second-order valence-electron chi connectivity index (χ2n) is 6.54. The molecule has 0 fully saturated rings. The summed E-state index contributed by atoms with van der Waals surface area (Å²) in [6.07, 6.45) is 1.54. The lowest BCUT2D eigenvalue weighted by Crippen LogP contribution is -1.98. The normalized spacial score (nSPS) is 11.5. The van der Waals surface area contributed by atoms with Crippen molar-refractivity contribution in [1.29, 1.82) is 0 Å². The fourth-order valence-corrected chi connectivity index (χ4v) is 4.00. The van der Waals surface area contributed by atoms with Gasteiger partial charge in [0.1, 0.15) is 16.4 Å². The second kappa shape index (κ2) is 9.33. The summed E-state index contributed by atoms with van der Waals surface area (Å²) in [5.74, 6) is 0.0893. The largest absolute Gasteiger partial charge is 0.496 e. The van der Waals surface area contributed by atoms with Crippen LogP contribution in [0.2, 0.25) is 5.02 Å². The maximum absolute atomic E-state index is 12.0. The third kappa shape index (κ3) is 4.42. The van der Waals surface area contributed by atoms with Crippen LogP contribution in [-0.2, 0) is 4.79 Å². The van der Waals surface area contributed by atoms with Crippen LogP contribution in [0.25, 0.3) is 28.3 Å². The molecule has 7 nitrogen and oxygen atoms in total. The highest BCUT2D eigenvalue weighted by atomic mass is 35.5. The predicted molar refractivity (Wildman–Crippen MR) is 123 cm³/mol. The SMILES string of the molecule is COc1ccc(Cl)cc1-c1nnc(S/C(=C\c2c(OC)ccc3ccccc23)C(=O)O)o1. The molecule has 0 radical (unpaired) electrons. The highest BCUT2D eigenvalue weighted by molar-refractivity contribution is 8.03. The number of nitrogens with zero attached hydrogens (tertiary/aromatic N) is 2. The highest BCUT2D eigenvalue weighted by Gasteiger charge is 2.19. The van der Waals surface area contributed by atoms with E-state index in [9.17, 15) is 9.90 Å². The average molecular weight is 469 g/mol. The van der Waals surface area contributed by atoms with Crippen LogP contribution in [0.5, 0.6) is 11.5 Å². The van der Waals surface area contributed by atoms with Crippen LogP contribution < -0.4 is 9.47 Å². The molecule has 0 aliphatic rings. The molecule has 1 N–H and O–H groups in total. The number of thioether (sulfide) groups is 1. The van der Waals surface area contributed by atoms with Crippen molar-refractivity contribution in [3.05, 3.63) is 70.1 Å². The highest BCUT2D eigenvalue weighted by Crippen LogP contribution is 2.37. The molecule has 1 aromatic heterocycles. The minimum atomic E-state index is -1.13. The number of carbonyl (C=O) groups is 1. The van der Waals surface area contributed by atoms with Gasteiger partial charge >= 0.3 is 5.97 Å². The fraction of sp³-hybridized carbons (Fsp3) is 0.0870. The van der Waals surface area contributed by atoms with E-state index in [1.807, 2.05) is 30.3 Å². The lowest BCUT2D eigenvalue weighted by atomic mass is 10.0. The molecule has 0 atom stereocenters. The number of carboxylic acid groups (broad SMARTS) is 1. The average Bonchev–Trinajstić information content (AvgIpc) is 3.27. The third-order valence-corrected chi connectivity index (χ3v) is 5.72. The smallest absolute Gasteiger partial charge is 0.342 e. The van der Waals surface area contributed by atoms with E-state index in [0.717, 1.165) is 22.5 Å². The minimum absolute atomic E-state index is 0.00656. The van der Waals surface area contributed by atoms with Crippen LogP contribution in [0.4, 0.5) is 0 Å². The van der Waals surface area contributed by atoms with E-state index in [4.69, 9.17) is 25.5 Å². The number of benzene rings is 3. The Labute approximate surface area is 192 Å². The number of halogens is 1. The van der Waals surface area contributed by atoms with Gasteiger partial charge in [-0.2, -0.15) is 0 Å². The van der Waals surface area contributed by atoms with Gasteiger partial charge in [-0.05, 0) is 52.9 Å². The summed E-state index contributed by atoms with van der Waals surface area (Å²) in [5, 5.41) is 20.2. The zero-order valence-electron chi connectivity index (χ0n) is 17.0. The van der Waals surface area contributed by atoms with Gasteiger partial charge < -0.3 is 19.0 Å². The lowest BCUT2D eigenvalue weighted by Gasteiger charge is -2.10. The molecule has 9 heteroatoms. The Kier molecular flexibility index (Phi) is 6.34. The Bertz CT molecular complexity index is 1340. The molecular formula is C23H17ClN2O5S. The Morgan fingerprint density at radius 1 is 1.06 bits per heavy atom. The number of aromatic nitrogens is 2. The maximum atomic E-state index is 12.0. The summed E-state index contributed by atoms with van der Waals surface area (Å²) in [4.78, 5) is 12.0. The Morgan fingerprint density at radius 3 is 2.56 bits per heavy atom. The van der Waals surface area contributed by atoms with Crippen molar-refractivity contribution < 1.29 is 23.8 Å². The zero-order valence-corrected chi connectivity index (χ0v) is 18.6. The molecule has 4 rings (SSSR count). The Balaban J connectivity index is 1.73. The monoisotopic (exact) mass is 468 g/mol. The van der Waals surface area contributed by atoms with E-state index < -0.39 is 5.97 Å². The summed E-state index contributed by atoms with van der Waals surface area (Å²) in [6, 6.07) is 16.4. The van der Waals surface area contributed by atoms with E-state index in [1.165, 1.54) is 20.3 Å². The van der Waals surface area contributed by atoms with Gasteiger partial charge in [0.2, 0.25) is 0 Å². The van der Waals surface area contributed by atoms with Crippen molar-refractivity contribution >= 4 is 46.2 Å². The second-order valence-corrected chi connectivity index (χ2v) is 7.97. The Morgan fingerprint density at radius 2 is 1.81 bits per heavy atom. The summed E-state index contributed by atoms with van der Waals surface area (Å²) in [7, 11) is 3.05. The minimum Gasteiger partial charge on any atom is -0.496 e. The molecule has 32 heavy (non-hydrogen) atoms. The molecular weight excluding hydrogens is 452 g/mol. The van der Waals surface area contributed by atoms with Gasteiger partial charge in [0.05, 0.1) is 19.8 Å². The van der Waals surface area contributed by atoms with Gasteiger partial charge in [0.15, 0.2) is 0 Å².